The van der Waals surface area contributed by atoms with Crippen LogP contribution in [0.2, 0.25) is 0 Å². The number of carbonyl (C=O) groups excluding carboxylic acids is 3. The van der Waals surface area contributed by atoms with Gasteiger partial charge < -0.3 is 20.1 Å². The molecule has 0 fully saturated rings. The Bertz CT molecular complexity index is 847. The van der Waals surface area contributed by atoms with Gasteiger partial charge in [-0.2, -0.15) is 0 Å². The summed E-state index contributed by atoms with van der Waals surface area (Å²) in [6.45, 7) is 5.76. The molecule has 31 heavy (non-hydrogen) atoms. The molecule has 0 saturated heterocycles. The topological polar surface area (TPSA) is 93.7 Å². The zero-order chi connectivity index (χ0) is 22.7. The number of ketones is 1. The molecule has 2 aromatic carbocycles. The van der Waals surface area contributed by atoms with Crippen LogP contribution in [0.1, 0.15) is 49.5 Å². The fourth-order valence-electron chi connectivity index (χ4n) is 2.79. The van der Waals surface area contributed by atoms with Gasteiger partial charge in [0, 0.05) is 12.1 Å². The lowest BCUT2D eigenvalue weighted by atomic mass is 10.0. The molecule has 0 aliphatic carbocycles. The van der Waals surface area contributed by atoms with Crippen LogP contribution in [0.5, 0.6) is 0 Å². The van der Waals surface area contributed by atoms with Crippen LogP contribution in [0.15, 0.2) is 60.7 Å². The van der Waals surface area contributed by atoms with Crippen molar-refractivity contribution >= 4 is 18.0 Å². The number of hydrogen-bond donors (Lipinski definition) is 2. The van der Waals surface area contributed by atoms with Crippen molar-refractivity contribution in [1.29, 1.82) is 0 Å². The fraction of sp³-hybridized carbons (Fsp3) is 0.375. The van der Waals surface area contributed by atoms with Crippen LogP contribution in [0.25, 0.3) is 0 Å². The Morgan fingerprint density at radius 1 is 0.903 bits per heavy atom. The first-order chi connectivity index (χ1) is 14.7. The van der Waals surface area contributed by atoms with Crippen LogP contribution in [0.4, 0.5) is 9.59 Å². The van der Waals surface area contributed by atoms with E-state index >= 15 is 0 Å². The largest absolute Gasteiger partial charge is 0.445 e. The summed E-state index contributed by atoms with van der Waals surface area (Å²) >= 11 is 0. The third-order valence-corrected chi connectivity index (χ3v) is 4.22. The van der Waals surface area contributed by atoms with E-state index in [4.69, 9.17) is 9.47 Å². The summed E-state index contributed by atoms with van der Waals surface area (Å²) in [5.74, 6) is -0.210. The maximum atomic E-state index is 12.9. The number of ether oxygens (including phenoxy) is 2. The second kappa shape index (κ2) is 11.7. The second-order valence-electron chi connectivity index (χ2n) is 8.06. The number of nitrogens with one attached hydrogen (secondary N) is 2. The first-order valence-electron chi connectivity index (χ1n) is 10.3. The van der Waals surface area contributed by atoms with Gasteiger partial charge in [0.05, 0.1) is 6.04 Å². The van der Waals surface area contributed by atoms with Gasteiger partial charge >= 0.3 is 12.2 Å². The van der Waals surface area contributed by atoms with Crippen molar-refractivity contribution in [3.05, 3.63) is 71.8 Å². The zero-order valence-corrected chi connectivity index (χ0v) is 18.2. The summed E-state index contributed by atoms with van der Waals surface area (Å²) < 4.78 is 10.4. The highest BCUT2D eigenvalue weighted by Crippen LogP contribution is 2.11. The first-order valence-corrected chi connectivity index (χ1v) is 10.3. The average Bonchev–Trinajstić information content (AvgIpc) is 2.74. The van der Waals surface area contributed by atoms with Gasteiger partial charge in [0.2, 0.25) is 0 Å². The predicted molar refractivity (Wildman–Crippen MR) is 118 cm³/mol. The molecule has 2 amide bonds. The standard InChI is InChI=1S/C24H30N2O5/c1-24(2,3)31-23(29)26-20(21(27)19-13-8-5-9-14-19)15-10-16-25-22(28)30-17-18-11-6-4-7-12-18/h4-9,11-14,20H,10,15-17H2,1-3H3,(H,25,28)(H,26,29). The molecule has 2 rings (SSSR count). The zero-order valence-electron chi connectivity index (χ0n) is 18.2. The quantitative estimate of drug-likeness (QED) is 0.456. The van der Waals surface area contributed by atoms with Crippen LogP contribution in [-0.2, 0) is 16.1 Å². The summed E-state index contributed by atoms with van der Waals surface area (Å²) in [5, 5.41) is 5.31. The number of rotatable bonds is 9. The maximum absolute atomic E-state index is 12.9. The number of benzene rings is 2. The molecular formula is C24H30N2O5. The molecule has 0 heterocycles. The molecule has 0 bridgehead atoms. The van der Waals surface area contributed by atoms with E-state index in [-0.39, 0.29) is 12.4 Å². The Hall–Kier alpha value is -3.35. The molecule has 0 spiro atoms. The molecule has 0 saturated carbocycles. The van der Waals surface area contributed by atoms with Crippen LogP contribution in [0.3, 0.4) is 0 Å². The molecule has 7 nitrogen and oxygen atoms in total. The molecule has 0 radical (unpaired) electrons. The number of alkyl carbamates (subject to hydrolysis) is 2. The number of amides is 2. The fourth-order valence-corrected chi connectivity index (χ4v) is 2.79. The SMILES string of the molecule is CC(C)(C)OC(=O)NC(CCCNC(=O)OCc1ccccc1)C(=O)c1ccccc1. The van der Waals surface area contributed by atoms with Crippen LogP contribution in [-0.4, -0.2) is 36.2 Å². The summed E-state index contributed by atoms with van der Waals surface area (Å²) in [6.07, 6.45) is -0.377. The third kappa shape index (κ3) is 9.33. The highest BCUT2D eigenvalue weighted by molar-refractivity contribution is 6.01. The molecule has 1 atom stereocenters. The summed E-state index contributed by atoms with van der Waals surface area (Å²) in [5.41, 5.74) is 0.723. The third-order valence-electron chi connectivity index (χ3n) is 4.22. The molecule has 166 valence electrons. The van der Waals surface area contributed by atoms with E-state index < -0.39 is 23.8 Å². The smallest absolute Gasteiger partial charge is 0.408 e. The van der Waals surface area contributed by atoms with Crippen molar-refractivity contribution < 1.29 is 23.9 Å². The van der Waals surface area contributed by atoms with Crippen molar-refractivity contribution in [2.24, 2.45) is 0 Å². The lowest BCUT2D eigenvalue weighted by Gasteiger charge is -2.23. The maximum Gasteiger partial charge on any atom is 0.408 e. The summed E-state index contributed by atoms with van der Waals surface area (Å²) in [4.78, 5) is 36.9. The van der Waals surface area contributed by atoms with Crippen LogP contribution >= 0.6 is 0 Å². The van der Waals surface area contributed by atoms with Gasteiger partial charge in [0.1, 0.15) is 12.2 Å². The molecule has 0 aliphatic rings. The number of hydrogen-bond acceptors (Lipinski definition) is 5. The summed E-state index contributed by atoms with van der Waals surface area (Å²) in [7, 11) is 0. The van der Waals surface area contributed by atoms with Crippen molar-refractivity contribution in [2.75, 3.05) is 6.54 Å². The van der Waals surface area contributed by atoms with Gasteiger partial charge in [-0.25, -0.2) is 9.59 Å². The lowest BCUT2D eigenvalue weighted by Crippen LogP contribution is -2.44. The highest BCUT2D eigenvalue weighted by atomic mass is 16.6. The van der Waals surface area contributed by atoms with E-state index in [1.165, 1.54) is 0 Å². The van der Waals surface area contributed by atoms with E-state index in [0.717, 1.165) is 5.56 Å². The highest BCUT2D eigenvalue weighted by Gasteiger charge is 2.25. The Morgan fingerprint density at radius 2 is 1.52 bits per heavy atom. The molecule has 2 N–H and O–H groups in total. The Morgan fingerprint density at radius 3 is 2.13 bits per heavy atom. The van der Waals surface area contributed by atoms with Gasteiger partial charge in [-0.1, -0.05) is 60.7 Å². The van der Waals surface area contributed by atoms with Crippen LogP contribution in [0, 0.1) is 0 Å². The lowest BCUT2D eigenvalue weighted by molar-refractivity contribution is 0.0488. The first kappa shape index (κ1) is 23.9. The van der Waals surface area contributed by atoms with Crippen molar-refractivity contribution in [3.63, 3.8) is 0 Å². The molecule has 1 unspecified atom stereocenters. The van der Waals surface area contributed by atoms with Gasteiger partial charge in [-0.3, -0.25) is 4.79 Å². The van der Waals surface area contributed by atoms with E-state index in [0.29, 0.717) is 24.9 Å². The molecule has 7 heteroatoms. The monoisotopic (exact) mass is 426 g/mol. The number of Topliss-reactive ketones (excluding diaryl/α,β-unsaturated/α-hetero) is 1. The number of carbonyl (C=O) groups is 3. The van der Waals surface area contributed by atoms with Gasteiger partial charge in [-0.05, 0) is 39.2 Å². The predicted octanol–water partition coefficient (Wildman–Crippen LogP) is 4.47. The van der Waals surface area contributed by atoms with E-state index in [1.54, 1.807) is 45.0 Å². The molecule has 2 aromatic rings. The van der Waals surface area contributed by atoms with Crippen molar-refractivity contribution in [1.82, 2.24) is 10.6 Å². The Labute approximate surface area is 183 Å². The van der Waals surface area contributed by atoms with Gasteiger partial charge in [0.15, 0.2) is 5.78 Å². The Kier molecular flexibility index (Phi) is 9.06. The average molecular weight is 427 g/mol. The minimum atomic E-state index is -0.764. The van der Waals surface area contributed by atoms with Gasteiger partial charge in [-0.15, -0.1) is 0 Å². The van der Waals surface area contributed by atoms with Gasteiger partial charge in [0.25, 0.3) is 0 Å². The van der Waals surface area contributed by atoms with Crippen molar-refractivity contribution in [2.45, 2.75) is 51.9 Å². The minimum Gasteiger partial charge on any atom is -0.445 e. The van der Waals surface area contributed by atoms with Crippen molar-refractivity contribution in [3.8, 4) is 0 Å². The van der Waals surface area contributed by atoms with E-state index in [1.807, 2.05) is 36.4 Å². The molecule has 0 aliphatic heterocycles. The summed E-state index contributed by atoms with van der Waals surface area (Å²) in [6, 6.07) is 17.4. The normalized spacial score (nSPS) is 11.8. The molecular weight excluding hydrogens is 396 g/mol. The second-order valence-corrected chi connectivity index (χ2v) is 8.06. The van der Waals surface area contributed by atoms with E-state index in [9.17, 15) is 14.4 Å². The molecule has 0 aromatic heterocycles. The minimum absolute atomic E-state index is 0.183. The van der Waals surface area contributed by atoms with Crippen LogP contribution < -0.4 is 10.6 Å². The Balaban J connectivity index is 1.84. The van der Waals surface area contributed by atoms with E-state index in [2.05, 4.69) is 10.6 Å².